The van der Waals surface area contributed by atoms with Gasteiger partial charge in [-0.1, -0.05) is 31.2 Å². The molecule has 4 aliphatic rings. The highest BCUT2D eigenvalue weighted by molar-refractivity contribution is 5.83. The SMILES string of the molecule is CCc1ccc(OCCCn2c(CCNC(=O)C34CC5CC(CC(C5)C3)C4)nc3ccccc32)cc1. The van der Waals surface area contributed by atoms with Crippen LogP contribution < -0.4 is 10.1 Å². The van der Waals surface area contributed by atoms with Gasteiger partial charge in [-0.25, -0.2) is 4.98 Å². The number of carbonyl (C=O) groups excluding carboxylic acids is 1. The maximum Gasteiger partial charge on any atom is 0.226 e. The maximum atomic E-state index is 13.4. The molecule has 2 aromatic carbocycles. The van der Waals surface area contributed by atoms with Gasteiger partial charge < -0.3 is 14.6 Å². The van der Waals surface area contributed by atoms with Gasteiger partial charge in [0, 0.05) is 24.9 Å². The highest BCUT2D eigenvalue weighted by Crippen LogP contribution is 2.60. The van der Waals surface area contributed by atoms with Crippen molar-refractivity contribution in [2.24, 2.45) is 23.2 Å². The molecule has 0 atom stereocenters. The Kier molecular flexibility index (Phi) is 6.49. The van der Waals surface area contributed by atoms with Crippen molar-refractivity contribution >= 4 is 16.9 Å². The summed E-state index contributed by atoms with van der Waals surface area (Å²) < 4.78 is 8.31. The van der Waals surface area contributed by atoms with Crippen LogP contribution in [-0.2, 0) is 24.2 Å². The van der Waals surface area contributed by atoms with Crippen molar-refractivity contribution in [1.82, 2.24) is 14.9 Å². The number of para-hydroxylation sites is 2. The third kappa shape index (κ3) is 4.65. The molecule has 4 fully saturated rings. The van der Waals surface area contributed by atoms with Gasteiger partial charge in [0.15, 0.2) is 0 Å². The van der Waals surface area contributed by atoms with Crippen LogP contribution in [0.15, 0.2) is 48.5 Å². The largest absolute Gasteiger partial charge is 0.494 e. The molecule has 36 heavy (non-hydrogen) atoms. The Morgan fingerprint density at radius 1 is 1.03 bits per heavy atom. The van der Waals surface area contributed by atoms with Gasteiger partial charge in [0.2, 0.25) is 5.91 Å². The Balaban J connectivity index is 1.07. The van der Waals surface area contributed by atoms with Gasteiger partial charge in [0.1, 0.15) is 11.6 Å². The summed E-state index contributed by atoms with van der Waals surface area (Å²) in [5.74, 6) is 4.66. The van der Waals surface area contributed by atoms with Gasteiger partial charge in [-0.05, 0) is 98.9 Å². The number of nitrogens with zero attached hydrogens (tertiary/aromatic N) is 2. The molecule has 4 saturated carbocycles. The first kappa shape index (κ1) is 23.6. The number of ether oxygens (including phenoxy) is 1. The molecule has 0 spiro atoms. The summed E-state index contributed by atoms with van der Waals surface area (Å²) in [7, 11) is 0. The molecule has 0 aliphatic heterocycles. The number of rotatable bonds is 10. The number of fused-ring (bicyclic) bond motifs is 1. The van der Waals surface area contributed by atoms with E-state index in [2.05, 4.69) is 59.3 Å². The molecule has 3 aromatic rings. The van der Waals surface area contributed by atoms with Gasteiger partial charge in [-0.15, -0.1) is 0 Å². The van der Waals surface area contributed by atoms with E-state index in [1.54, 1.807) is 0 Å². The Bertz CT molecular complexity index is 1180. The maximum absolute atomic E-state index is 13.4. The van der Waals surface area contributed by atoms with E-state index in [-0.39, 0.29) is 5.41 Å². The van der Waals surface area contributed by atoms with Gasteiger partial charge in [-0.2, -0.15) is 0 Å². The summed E-state index contributed by atoms with van der Waals surface area (Å²) in [5, 5.41) is 3.34. The number of hydrogen-bond donors (Lipinski definition) is 1. The molecule has 5 nitrogen and oxygen atoms in total. The second kappa shape index (κ2) is 9.91. The van der Waals surface area contributed by atoms with Gasteiger partial charge in [0.25, 0.3) is 0 Å². The lowest BCUT2D eigenvalue weighted by Gasteiger charge is -2.55. The van der Waals surface area contributed by atoms with E-state index in [0.29, 0.717) is 19.1 Å². The van der Waals surface area contributed by atoms with Crippen LogP contribution in [0, 0.1) is 23.2 Å². The van der Waals surface area contributed by atoms with Gasteiger partial charge in [-0.3, -0.25) is 4.79 Å². The number of nitrogens with one attached hydrogen (secondary N) is 1. The summed E-state index contributed by atoms with van der Waals surface area (Å²) in [6.45, 7) is 4.34. The fourth-order valence-corrected chi connectivity index (χ4v) is 7.66. The lowest BCUT2D eigenvalue weighted by Crippen LogP contribution is -2.53. The Labute approximate surface area is 214 Å². The minimum absolute atomic E-state index is 0.0818. The minimum Gasteiger partial charge on any atom is -0.494 e. The molecule has 1 heterocycles. The molecule has 1 amide bonds. The van der Waals surface area contributed by atoms with Crippen molar-refractivity contribution in [3.63, 3.8) is 0 Å². The van der Waals surface area contributed by atoms with E-state index in [4.69, 9.17) is 9.72 Å². The standard InChI is InChI=1S/C31H39N3O2/c1-2-22-8-10-26(11-9-22)36-15-5-14-34-28-7-4-3-6-27(28)33-29(34)12-13-32-30(35)31-19-23-16-24(20-31)18-25(17-23)21-31/h3-4,6-11,23-25H,2,5,12-21H2,1H3,(H,32,35). The zero-order valence-electron chi connectivity index (χ0n) is 21.5. The van der Waals surface area contributed by atoms with E-state index in [1.165, 1.54) is 24.8 Å². The molecular weight excluding hydrogens is 446 g/mol. The summed E-state index contributed by atoms with van der Waals surface area (Å²) in [5.41, 5.74) is 3.43. The predicted molar refractivity (Wildman–Crippen MR) is 143 cm³/mol. The molecule has 4 bridgehead atoms. The average molecular weight is 486 g/mol. The second-order valence-electron chi connectivity index (χ2n) is 11.6. The monoisotopic (exact) mass is 485 g/mol. The number of aryl methyl sites for hydroxylation is 2. The summed E-state index contributed by atoms with van der Waals surface area (Å²) >= 11 is 0. The number of aromatic nitrogens is 2. The second-order valence-corrected chi connectivity index (χ2v) is 11.6. The van der Waals surface area contributed by atoms with E-state index in [9.17, 15) is 4.79 Å². The molecule has 1 aromatic heterocycles. The van der Waals surface area contributed by atoms with Crippen molar-refractivity contribution < 1.29 is 9.53 Å². The van der Waals surface area contributed by atoms with Crippen LogP contribution in [-0.4, -0.2) is 28.6 Å². The first-order chi connectivity index (χ1) is 17.6. The Hall–Kier alpha value is -2.82. The smallest absolute Gasteiger partial charge is 0.226 e. The lowest BCUT2D eigenvalue weighted by atomic mass is 9.49. The van der Waals surface area contributed by atoms with Crippen molar-refractivity contribution in [3.05, 3.63) is 59.9 Å². The van der Waals surface area contributed by atoms with Crippen LogP contribution >= 0.6 is 0 Å². The first-order valence-corrected chi connectivity index (χ1v) is 14.1. The van der Waals surface area contributed by atoms with E-state index in [0.717, 1.165) is 85.4 Å². The van der Waals surface area contributed by atoms with E-state index in [1.807, 2.05) is 6.07 Å². The van der Waals surface area contributed by atoms with Crippen LogP contribution in [0.25, 0.3) is 11.0 Å². The highest BCUT2D eigenvalue weighted by Gasteiger charge is 2.54. The normalized spacial score (nSPS) is 26.4. The number of carbonyl (C=O) groups is 1. The predicted octanol–water partition coefficient (Wildman–Crippen LogP) is 5.94. The van der Waals surface area contributed by atoms with Crippen LogP contribution in [0.1, 0.15) is 63.3 Å². The van der Waals surface area contributed by atoms with Crippen LogP contribution in [0.2, 0.25) is 0 Å². The summed E-state index contributed by atoms with van der Waals surface area (Å²) in [6, 6.07) is 16.7. The van der Waals surface area contributed by atoms with Crippen molar-refractivity contribution in [2.75, 3.05) is 13.2 Å². The number of imidazole rings is 1. The summed E-state index contributed by atoms with van der Waals surface area (Å²) in [6.07, 6.45) is 10.1. The average Bonchev–Trinajstić information content (AvgIpc) is 3.23. The van der Waals surface area contributed by atoms with Crippen molar-refractivity contribution in [2.45, 2.75) is 71.3 Å². The van der Waals surface area contributed by atoms with Crippen molar-refractivity contribution in [3.8, 4) is 5.75 Å². The number of hydrogen-bond acceptors (Lipinski definition) is 3. The topological polar surface area (TPSA) is 56.1 Å². The molecule has 5 heteroatoms. The first-order valence-electron chi connectivity index (χ1n) is 14.1. The van der Waals surface area contributed by atoms with E-state index < -0.39 is 0 Å². The zero-order chi connectivity index (χ0) is 24.5. The Morgan fingerprint density at radius 3 is 2.42 bits per heavy atom. The van der Waals surface area contributed by atoms with Crippen LogP contribution in [0.3, 0.4) is 0 Å². The Morgan fingerprint density at radius 2 is 1.72 bits per heavy atom. The zero-order valence-corrected chi connectivity index (χ0v) is 21.5. The van der Waals surface area contributed by atoms with Gasteiger partial charge in [0.05, 0.1) is 17.6 Å². The van der Waals surface area contributed by atoms with Crippen molar-refractivity contribution in [1.29, 1.82) is 0 Å². The quantitative estimate of drug-likeness (QED) is 0.362. The molecule has 0 unspecified atom stereocenters. The van der Waals surface area contributed by atoms with Crippen LogP contribution in [0.5, 0.6) is 5.75 Å². The molecule has 0 radical (unpaired) electrons. The molecule has 1 N–H and O–H groups in total. The fraction of sp³-hybridized carbons (Fsp3) is 0.548. The van der Waals surface area contributed by atoms with E-state index >= 15 is 0 Å². The molecule has 0 saturated heterocycles. The highest BCUT2D eigenvalue weighted by atomic mass is 16.5. The third-order valence-electron chi connectivity index (χ3n) is 9.01. The fourth-order valence-electron chi connectivity index (χ4n) is 7.66. The number of amides is 1. The van der Waals surface area contributed by atoms with Crippen LogP contribution in [0.4, 0.5) is 0 Å². The van der Waals surface area contributed by atoms with Gasteiger partial charge >= 0.3 is 0 Å². The number of benzene rings is 2. The molecule has 7 rings (SSSR count). The molecular formula is C31H39N3O2. The summed E-state index contributed by atoms with van der Waals surface area (Å²) in [4.78, 5) is 18.3. The minimum atomic E-state index is -0.0818. The molecule has 4 aliphatic carbocycles. The third-order valence-corrected chi connectivity index (χ3v) is 9.01. The molecule has 190 valence electrons. The lowest BCUT2D eigenvalue weighted by molar-refractivity contribution is -0.146.